The van der Waals surface area contributed by atoms with E-state index in [2.05, 4.69) is 25.3 Å². The van der Waals surface area contributed by atoms with Crippen molar-refractivity contribution in [3.63, 3.8) is 0 Å². The fourth-order valence-corrected chi connectivity index (χ4v) is 3.61. The molecule has 0 fully saturated rings. The highest BCUT2D eigenvalue weighted by Crippen LogP contribution is 2.31. The van der Waals surface area contributed by atoms with E-state index in [1.54, 1.807) is 11.8 Å². The normalized spacial score (nSPS) is 10.5. The predicted molar refractivity (Wildman–Crippen MR) is 73.9 cm³/mol. The number of hydrogen-bond donors (Lipinski definition) is 2. The number of nitrogens with one attached hydrogen (secondary N) is 1. The molecule has 0 unspecified atom stereocenters. The quantitative estimate of drug-likeness (QED) is 0.670. The number of nitrogens with zero attached hydrogens (tertiary/aromatic N) is 2. The molecule has 0 spiro atoms. The van der Waals surface area contributed by atoms with Crippen LogP contribution in [0.5, 0.6) is 0 Å². The summed E-state index contributed by atoms with van der Waals surface area (Å²) in [5.41, 5.74) is 6.14. The molecule has 2 rings (SSSR count). The molecular formula is C10H9BrN4S2. The SMILES string of the molecule is Cc1nsc(Sc2ccc(C(=N)N)c(Br)c2)n1. The second kappa shape index (κ2) is 5.16. The summed E-state index contributed by atoms with van der Waals surface area (Å²) in [6.07, 6.45) is 0. The number of nitrogen functional groups attached to an aromatic ring is 1. The van der Waals surface area contributed by atoms with Gasteiger partial charge in [0, 0.05) is 14.9 Å². The molecule has 1 heterocycles. The third-order valence-corrected chi connectivity index (χ3v) is 4.43. The summed E-state index contributed by atoms with van der Waals surface area (Å²) < 4.78 is 5.85. The lowest BCUT2D eigenvalue weighted by atomic mass is 10.2. The molecule has 88 valence electrons. The Hall–Kier alpha value is -0.920. The van der Waals surface area contributed by atoms with Gasteiger partial charge in [-0.25, -0.2) is 4.98 Å². The third-order valence-electron chi connectivity index (χ3n) is 1.94. The van der Waals surface area contributed by atoms with Gasteiger partial charge >= 0.3 is 0 Å². The predicted octanol–water partition coefficient (Wildman–Crippen LogP) is 3.04. The van der Waals surface area contributed by atoms with E-state index in [1.165, 1.54) is 11.5 Å². The summed E-state index contributed by atoms with van der Waals surface area (Å²) in [7, 11) is 0. The maximum Gasteiger partial charge on any atom is 0.174 e. The monoisotopic (exact) mass is 328 g/mol. The van der Waals surface area contributed by atoms with Gasteiger partial charge in [0.2, 0.25) is 0 Å². The molecule has 17 heavy (non-hydrogen) atoms. The highest BCUT2D eigenvalue weighted by molar-refractivity contribution is 9.10. The van der Waals surface area contributed by atoms with Crippen molar-refractivity contribution in [1.82, 2.24) is 9.36 Å². The van der Waals surface area contributed by atoms with E-state index < -0.39 is 0 Å². The van der Waals surface area contributed by atoms with E-state index in [4.69, 9.17) is 11.1 Å². The molecule has 0 saturated heterocycles. The van der Waals surface area contributed by atoms with Gasteiger partial charge < -0.3 is 5.73 Å². The molecule has 0 bridgehead atoms. The van der Waals surface area contributed by atoms with E-state index in [-0.39, 0.29) is 5.84 Å². The van der Waals surface area contributed by atoms with E-state index in [0.717, 1.165) is 19.5 Å². The molecule has 0 aliphatic carbocycles. The largest absolute Gasteiger partial charge is 0.384 e. The maximum atomic E-state index is 7.39. The van der Waals surface area contributed by atoms with Crippen molar-refractivity contribution in [3.05, 3.63) is 34.1 Å². The summed E-state index contributed by atoms with van der Waals surface area (Å²) in [5, 5.41) is 7.39. The Morgan fingerprint density at radius 1 is 1.53 bits per heavy atom. The van der Waals surface area contributed by atoms with Crippen LogP contribution in [0.15, 0.2) is 31.9 Å². The average Bonchev–Trinajstić information content (AvgIpc) is 2.63. The van der Waals surface area contributed by atoms with Gasteiger partial charge in [0.1, 0.15) is 11.7 Å². The zero-order chi connectivity index (χ0) is 12.4. The van der Waals surface area contributed by atoms with Crippen molar-refractivity contribution in [2.24, 2.45) is 5.73 Å². The number of hydrogen-bond acceptors (Lipinski definition) is 5. The summed E-state index contributed by atoms with van der Waals surface area (Å²) >= 11 is 6.33. The molecule has 3 N–H and O–H groups in total. The minimum absolute atomic E-state index is 0.0557. The van der Waals surface area contributed by atoms with Crippen molar-refractivity contribution in [3.8, 4) is 0 Å². The van der Waals surface area contributed by atoms with Gasteiger partial charge in [0.05, 0.1) is 0 Å². The molecular weight excluding hydrogens is 320 g/mol. The molecule has 4 nitrogen and oxygen atoms in total. The zero-order valence-electron chi connectivity index (χ0n) is 8.90. The number of benzene rings is 1. The van der Waals surface area contributed by atoms with Crippen LogP contribution in [0.3, 0.4) is 0 Å². The van der Waals surface area contributed by atoms with Crippen LogP contribution in [0, 0.1) is 12.3 Å². The van der Waals surface area contributed by atoms with Gasteiger partial charge in [-0.3, -0.25) is 5.41 Å². The molecule has 0 aliphatic rings. The second-order valence-electron chi connectivity index (χ2n) is 3.26. The Balaban J connectivity index is 2.23. The van der Waals surface area contributed by atoms with Gasteiger partial charge in [0.15, 0.2) is 4.34 Å². The number of nitrogens with two attached hydrogens (primary N) is 1. The molecule has 2 aromatic rings. The number of aromatic nitrogens is 2. The zero-order valence-corrected chi connectivity index (χ0v) is 12.1. The van der Waals surface area contributed by atoms with Crippen LogP contribution in [0.1, 0.15) is 11.4 Å². The molecule has 0 amide bonds. The molecule has 0 aliphatic heterocycles. The van der Waals surface area contributed by atoms with Gasteiger partial charge in [-0.1, -0.05) is 11.8 Å². The smallest absolute Gasteiger partial charge is 0.174 e. The van der Waals surface area contributed by atoms with E-state index in [9.17, 15) is 0 Å². The van der Waals surface area contributed by atoms with Gasteiger partial charge in [-0.2, -0.15) is 4.37 Å². The summed E-state index contributed by atoms with van der Waals surface area (Å²) in [5.74, 6) is 0.845. The number of halogens is 1. The van der Waals surface area contributed by atoms with Crippen LogP contribution in [-0.2, 0) is 0 Å². The second-order valence-corrected chi connectivity index (χ2v) is 6.19. The fraction of sp³-hybridized carbons (Fsp3) is 0.100. The Labute approximate surface area is 115 Å². The average molecular weight is 329 g/mol. The van der Waals surface area contributed by atoms with Gasteiger partial charge in [-0.15, -0.1) is 0 Å². The van der Waals surface area contributed by atoms with Crippen molar-refractivity contribution >= 4 is 45.1 Å². The van der Waals surface area contributed by atoms with Crippen LogP contribution in [0.2, 0.25) is 0 Å². The first-order chi connectivity index (χ1) is 8.06. The minimum atomic E-state index is 0.0557. The van der Waals surface area contributed by atoms with Crippen LogP contribution in [0.25, 0.3) is 0 Å². The summed E-state index contributed by atoms with van der Waals surface area (Å²) in [4.78, 5) is 5.32. The standard InChI is InChI=1S/C10H9BrN4S2/c1-5-14-10(17-15-5)16-6-2-3-7(9(12)13)8(11)4-6/h2-4H,1H3,(H3,12,13). The lowest BCUT2D eigenvalue weighted by molar-refractivity contribution is 1.10. The lowest BCUT2D eigenvalue weighted by Crippen LogP contribution is -2.11. The highest BCUT2D eigenvalue weighted by atomic mass is 79.9. The highest BCUT2D eigenvalue weighted by Gasteiger charge is 2.07. The number of rotatable bonds is 3. The third kappa shape index (κ3) is 3.05. The molecule has 1 aromatic carbocycles. The Kier molecular flexibility index (Phi) is 3.80. The summed E-state index contributed by atoms with van der Waals surface area (Å²) in [6, 6.07) is 5.67. The van der Waals surface area contributed by atoms with Crippen LogP contribution >= 0.6 is 39.2 Å². The van der Waals surface area contributed by atoms with Crippen molar-refractivity contribution in [1.29, 1.82) is 5.41 Å². The molecule has 0 saturated carbocycles. The van der Waals surface area contributed by atoms with E-state index >= 15 is 0 Å². The van der Waals surface area contributed by atoms with Gasteiger partial charge in [-0.05, 0) is 52.6 Å². The Morgan fingerprint density at radius 2 is 2.29 bits per heavy atom. The minimum Gasteiger partial charge on any atom is -0.384 e. The molecule has 1 aromatic heterocycles. The Morgan fingerprint density at radius 3 is 2.82 bits per heavy atom. The molecule has 0 radical (unpaired) electrons. The number of amidine groups is 1. The molecule has 7 heteroatoms. The topological polar surface area (TPSA) is 75.7 Å². The first-order valence-electron chi connectivity index (χ1n) is 4.68. The lowest BCUT2D eigenvalue weighted by Gasteiger charge is -2.04. The van der Waals surface area contributed by atoms with E-state index in [0.29, 0.717) is 5.56 Å². The van der Waals surface area contributed by atoms with Crippen LogP contribution in [0.4, 0.5) is 0 Å². The number of aryl methyl sites for hydroxylation is 1. The van der Waals surface area contributed by atoms with Gasteiger partial charge in [0.25, 0.3) is 0 Å². The fourth-order valence-electron chi connectivity index (χ4n) is 1.20. The Bertz CT molecular complexity index is 567. The summed E-state index contributed by atoms with van der Waals surface area (Å²) in [6.45, 7) is 1.87. The first-order valence-corrected chi connectivity index (χ1v) is 7.06. The van der Waals surface area contributed by atoms with E-state index in [1.807, 2.05) is 25.1 Å². The van der Waals surface area contributed by atoms with Crippen molar-refractivity contribution < 1.29 is 0 Å². The van der Waals surface area contributed by atoms with Crippen molar-refractivity contribution in [2.45, 2.75) is 16.2 Å². The molecule has 0 atom stereocenters. The van der Waals surface area contributed by atoms with Crippen LogP contribution < -0.4 is 5.73 Å². The van der Waals surface area contributed by atoms with Crippen LogP contribution in [-0.4, -0.2) is 15.2 Å². The first kappa shape index (κ1) is 12.5. The maximum absolute atomic E-state index is 7.39. The van der Waals surface area contributed by atoms with Crippen molar-refractivity contribution in [2.75, 3.05) is 0 Å².